The Hall–Kier alpha value is -3.89. The molecular formula is C28H24N2O2. The maximum absolute atomic E-state index is 12.7. The Labute approximate surface area is 187 Å². The van der Waals surface area contributed by atoms with Crippen LogP contribution in [0.3, 0.4) is 0 Å². The Balaban J connectivity index is 1.61. The smallest absolute Gasteiger partial charge is 0.245 e. The zero-order valence-electron chi connectivity index (χ0n) is 17.5. The van der Waals surface area contributed by atoms with Crippen LogP contribution in [0.1, 0.15) is 16.7 Å². The van der Waals surface area contributed by atoms with Crippen LogP contribution in [0.4, 0.5) is 0 Å². The van der Waals surface area contributed by atoms with Gasteiger partial charge in [0.15, 0.2) is 6.23 Å². The predicted octanol–water partition coefficient (Wildman–Crippen LogP) is 4.47. The van der Waals surface area contributed by atoms with Gasteiger partial charge in [0.05, 0.1) is 5.54 Å². The van der Waals surface area contributed by atoms with E-state index in [9.17, 15) is 4.79 Å². The summed E-state index contributed by atoms with van der Waals surface area (Å²) in [7, 11) is 0. The van der Waals surface area contributed by atoms with Crippen LogP contribution in [0.25, 0.3) is 0 Å². The SMILES string of the molecule is O=C1N[C@@H](Oc2ccccc2)[C@@H]1NC(c1ccccc1)(c1ccccc1)c1ccccc1. The minimum Gasteiger partial charge on any atom is -0.468 e. The van der Waals surface area contributed by atoms with Crippen LogP contribution in [-0.4, -0.2) is 18.2 Å². The number of carbonyl (C=O) groups excluding carboxylic acids is 1. The third kappa shape index (κ3) is 3.66. The molecule has 32 heavy (non-hydrogen) atoms. The molecule has 0 spiro atoms. The molecule has 1 fully saturated rings. The van der Waals surface area contributed by atoms with E-state index in [4.69, 9.17) is 4.74 Å². The summed E-state index contributed by atoms with van der Waals surface area (Å²) in [5.41, 5.74) is 2.42. The first-order valence-corrected chi connectivity index (χ1v) is 10.7. The monoisotopic (exact) mass is 420 g/mol. The van der Waals surface area contributed by atoms with Gasteiger partial charge in [0.25, 0.3) is 0 Å². The molecule has 4 aromatic carbocycles. The number of hydrogen-bond acceptors (Lipinski definition) is 3. The van der Waals surface area contributed by atoms with Crippen LogP contribution in [0.2, 0.25) is 0 Å². The average Bonchev–Trinajstić information content (AvgIpc) is 2.87. The number of amides is 1. The number of hydrogen-bond donors (Lipinski definition) is 2. The molecule has 0 aliphatic carbocycles. The Morgan fingerprint density at radius 1 is 0.625 bits per heavy atom. The van der Waals surface area contributed by atoms with Gasteiger partial charge in [-0.3, -0.25) is 10.1 Å². The normalized spacial score (nSPS) is 17.8. The van der Waals surface area contributed by atoms with Crippen molar-refractivity contribution in [2.45, 2.75) is 17.8 Å². The maximum atomic E-state index is 12.7. The summed E-state index contributed by atoms with van der Waals surface area (Å²) < 4.78 is 6.09. The van der Waals surface area contributed by atoms with E-state index in [2.05, 4.69) is 47.0 Å². The molecule has 0 aromatic heterocycles. The van der Waals surface area contributed by atoms with Crippen molar-refractivity contribution >= 4 is 5.91 Å². The van der Waals surface area contributed by atoms with Gasteiger partial charge in [-0.25, -0.2) is 0 Å². The third-order valence-electron chi connectivity index (χ3n) is 5.87. The van der Waals surface area contributed by atoms with Crippen molar-refractivity contribution in [1.82, 2.24) is 10.6 Å². The van der Waals surface area contributed by atoms with Crippen molar-refractivity contribution < 1.29 is 9.53 Å². The molecule has 1 aliphatic heterocycles. The molecule has 0 unspecified atom stereocenters. The fraction of sp³-hybridized carbons (Fsp3) is 0.107. The van der Waals surface area contributed by atoms with E-state index in [1.165, 1.54) is 0 Å². The Bertz CT molecular complexity index is 1070. The van der Waals surface area contributed by atoms with Crippen molar-refractivity contribution in [3.8, 4) is 5.75 Å². The summed E-state index contributed by atoms with van der Waals surface area (Å²) in [5, 5.41) is 6.59. The molecule has 158 valence electrons. The summed E-state index contributed by atoms with van der Waals surface area (Å²) in [6.45, 7) is 0. The predicted molar refractivity (Wildman–Crippen MR) is 125 cm³/mol. The summed E-state index contributed by atoms with van der Waals surface area (Å²) in [5.74, 6) is 0.632. The van der Waals surface area contributed by atoms with Crippen molar-refractivity contribution in [2.24, 2.45) is 0 Å². The van der Waals surface area contributed by atoms with E-state index in [1.807, 2.05) is 84.9 Å². The average molecular weight is 421 g/mol. The lowest BCUT2D eigenvalue weighted by molar-refractivity contribution is -0.140. The van der Waals surface area contributed by atoms with Gasteiger partial charge in [-0.2, -0.15) is 0 Å². The second-order valence-electron chi connectivity index (χ2n) is 7.83. The molecule has 4 heteroatoms. The maximum Gasteiger partial charge on any atom is 0.245 e. The first-order chi connectivity index (χ1) is 15.8. The number of para-hydroxylation sites is 1. The highest BCUT2D eigenvalue weighted by molar-refractivity contribution is 5.89. The second kappa shape index (κ2) is 8.69. The van der Waals surface area contributed by atoms with E-state index >= 15 is 0 Å². The first kappa shape index (κ1) is 20.0. The summed E-state index contributed by atoms with van der Waals surface area (Å²) in [4.78, 5) is 12.7. The molecular weight excluding hydrogens is 396 g/mol. The van der Waals surface area contributed by atoms with E-state index < -0.39 is 17.8 Å². The molecule has 1 aliphatic rings. The fourth-order valence-electron chi connectivity index (χ4n) is 4.29. The highest BCUT2D eigenvalue weighted by Crippen LogP contribution is 2.38. The van der Waals surface area contributed by atoms with Crippen molar-refractivity contribution in [1.29, 1.82) is 0 Å². The molecule has 1 saturated heterocycles. The minimum atomic E-state index is -0.732. The number of rotatable bonds is 7. The lowest BCUT2D eigenvalue weighted by atomic mass is 9.76. The topological polar surface area (TPSA) is 50.4 Å². The number of benzene rings is 4. The van der Waals surface area contributed by atoms with Gasteiger partial charge in [-0.05, 0) is 28.8 Å². The molecule has 0 radical (unpaired) electrons. The van der Waals surface area contributed by atoms with E-state index in [-0.39, 0.29) is 5.91 Å². The number of carbonyl (C=O) groups is 1. The lowest BCUT2D eigenvalue weighted by Crippen LogP contribution is -2.73. The fourth-order valence-corrected chi connectivity index (χ4v) is 4.29. The highest BCUT2D eigenvalue weighted by atomic mass is 16.5. The molecule has 0 saturated carbocycles. The van der Waals surface area contributed by atoms with E-state index in [0.717, 1.165) is 16.7 Å². The molecule has 5 rings (SSSR count). The van der Waals surface area contributed by atoms with Crippen molar-refractivity contribution in [3.05, 3.63) is 138 Å². The largest absolute Gasteiger partial charge is 0.468 e. The van der Waals surface area contributed by atoms with Crippen LogP contribution in [-0.2, 0) is 10.3 Å². The van der Waals surface area contributed by atoms with E-state index in [1.54, 1.807) is 0 Å². The van der Waals surface area contributed by atoms with Crippen LogP contribution in [0, 0.1) is 0 Å². The Morgan fingerprint density at radius 2 is 1.03 bits per heavy atom. The summed E-state index contributed by atoms with van der Waals surface area (Å²) in [6.07, 6.45) is -0.472. The van der Waals surface area contributed by atoms with Crippen LogP contribution < -0.4 is 15.4 Å². The Morgan fingerprint density at radius 3 is 1.44 bits per heavy atom. The molecule has 1 heterocycles. The highest BCUT2D eigenvalue weighted by Gasteiger charge is 2.48. The zero-order valence-corrected chi connectivity index (χ0v) is 17.5. The van der Waals surface area contributed by atoms with Gasteiger partial charge in [0, 0.05) is 0 Å². The van der Waals surface area contributed by atoms with E-state index in [0.29, 0.717) is 5.75 Å². The molecule has 4 nitrogen and oxygen atoms in total. The van der Waals surface area contributed by atoms with Gasteiger partial charge in [0.1, 0.15) is 11.8 Å². The van der Waals surface area contributed by atoms with Gasteiger partial charge < -0.3 is 10.1 Å². The second-order valence-corrected chi connectivity index (χ2v) is 7.83. The van der Waals surface area contributed by atoms with Crippen molar-refractivity contribution in [2.75, 3.05) is 0 Å². The number of β-lactam (4-membered cyclic amide) rings is 1. The third-order valence-corrected chi connectivity index (χ3v) is 5.87. The van der Waals surface area contributed by atoms with Crippen LogP contribution >= 0.6 is 0 Å². The van der Waals surface area contributed by atoms with Gasteiger partial charge in [-0.1, -0.05) is 109 Å². The first-order valence-electron chi connectivity index (χ1n) is 10.7. The van der Waals surface area contributed by atoms with Crippen molar-refractivity contribution in [3.63, 3.8) is 0 Å². The van der Waals surface area contributed by atoms with Gasteiger partial charge in [0.2, 0.25) is 5.91 Å². The Kier molecular flexibility index (Phi) is 5.44. The minimum absolute atomic E-state index is 0.0851. The summed E-state index contributed by atoms with van der Waals surface area (Å²) >= 11 is 0. The molecule has 2 N–H and O–H groups in total. The quantitative estimate of drug-likeness (QED) is 0.343. The standard InChI is InChI=1S/C28H24N2O2/c31-26-25(27(29-26)32-24-19-11-4-12-20-24)30-28(21-13-5-1-6-14-21,22-15-7-2-8-16-22)23-17-9-3-10-18-23/h1-20,25,27,30H,(H,29,31)/t25-,27+/m1/s1. The van der Waals surface area contributed by atoms with Crippen LogP contribution in [0.5, 0.6) is 5.75 Å². The van der Waals surface area contributed by atoms with Crippen LogP contribution in [0.15, 0.2) is 121 Å². The molecule has 2 atom stereocenters. The lowest BCUT2D eigenvalue weighted by Gasteiger charge is -2.45. The number of ether oxygens (including phenoxy) is 1. The van der Waals surface area contributed by atoms with Gasteiger partial charge >= 0.3 is 0 Å². The molecule has 4 aromatic rings. The van der Waals surface area contributed by atoms with Gasteiger partial charge in [-0.15, -0.1) is 0 Å². The summed E-state index contributed by atoms with van der Waals surface area (Å²) in [6, 6.07) is 39.7. The zero-order chi connectivity index (χ0) is 21.8. The molecule has 0 bridgehead atoms. The number of nitrogens with one attached hydrogen (secondary N) is 2. The molecule has 1 amide bonds.